The molecule has 0 spiro atoms. The Morgan fingerprint density at radius 1 is 1.03 bits per heavy atom. The number of piperidine rings is 1. The number of amides is 1. The van der Waals surface area contributed by atoms with Gasteiger partial charge in [-0.3, -0.25) is 14.2 Å². The fraction of sp³-hybridized carbons (Fsp3) is 0.385. The summed E-state index contributed by atoms with van der Waals surface area (Å²) in [6, 6.07) is 8.23. The highest BCUT2D eigenvalue weighted by atomic mass is 35.5. The van der Waals surface area contributed by atoms with E-state index in [0.29, 0.717) is 30.3 Å². The number of rotatable bonds is 4. The SMILES string of the molecule is CCC1CCN(C(=O)c2ccc(Cl)c(C(=O)n3ccc4cc(C5CC5)cc(F)c43)c2Cl)CC1. The molecule has 0 atom stereocenters. The molecule has 1 saturated heterocycles. The van der Waals surface area contributed by atoms with Crippen molar-refractivity contribution in [3.05, 3.63) is 69.1 Å². The Morgan fingerprint density at radius 2 is 1.76 bits per heavy atom. The quantitative estimate of drug-likeness (QED) is 0.401. The lowest BCUT2D eigenvalue weighted by atomic mass is 9.94. The van der Waals surface area contributed by atoms with Crippen molar-refractivity contribution in [2.75, 3.05) is 13.1 Å². The van der Waals surface area contributed by atoms with Crippen LogP contribution in [0.4, 0.5) is 4.39 Å². The molecule has 1 saturated carbocycles. The Kier molecular flexibility index (Phi) is 5.96. The van der Waals surface area contributed by atoms with Crippen LogP contribution in [0.5, 0.6) is 0 Å². The Bertz CT molecular complexity index is 1260. The van der Waals surface area contributed by atoms with E-state index in [-0.39, 0.29) is 32.6 Å². The number of nitrogens with zero attached hydrogens (tertiary/aromatic N) is 2. The molecule has 2 aromatic carbocycles. The second kappa shape index (κ2) is 8.77. The molecule has 4 nitrogen and oxygen atoms in total. The van der Waals surface area contributed by atoms with Gasteiger partial charge in [-0.2, -0.15) is 0 Å². The van der Waals surface area contributed by atoms with Gasteiger partial charge in [0.1, 0.15) is 5.82 Å². The van der Waals surface area contributed by atoms with Crippen LogP contribution in [0.3, 0.4) is 0 Å². The lowest BCUT2D eigenvalue weighted by molar-refractivity contribution is 0.0689. The van der Waals surface area contributed by atoms with E-state index in [1.54, 1.807) is 17.0 Å². The van der Waals surface area contributed by atoms with Gasteiger partial charge in [-0.25, -0.2) is 4.39 Å². The van der Waals surface area contributed by atoms with Gasteiger partial charge in [0.05, 0.1) is 26.7 Å². The smallest absolute Gasteiger partial charge is 0.265 e. The summed E-state index contributed by atoms with van der Waals surface area (Å²) in [6.45, 7) is 3.49. The lowest BCUT2D eigenvalue weighted by Crippen LogP contribution is -2.38. The topological polar surface area (TPSA) is 42.3 Å². The minimum atomic E-state index is -0.558. The number of fused-ring (bicyclic) bond motifs is 1. The maximum atomic E-state index is 15.0. The van der Waals surface area contributed by atoms with Crippen LogP contribution in [0, 0.1) is 11.7 Å². The maximum absolute atomic E-state index is 15.0. The van der Waals surface area contributed by atoms with Gasteiger partial charge >= 0.3 is 0 Å². The zero-order valence-electron chi connectivity index (χ0n) is 18.4. The van der Waals surface area contributed by atoms with Gasteiger partial charge in [0, 0.05) is 24.7 Å². The predicted octanol–water partition coefficient (Wildman–Crippen LogP) is 6.92. The van der Waals surface area contributed by atoms with Crippen molar-refractivity contribution in [1.82, 2.24) is 9.47 Å². The molecule has 0 radical (unpaired) electrons. The minimum Gasteiger partial charge on any atom is -0.339 e. The van der Waals surface area contributed by atoms with E-state index in [1.807, 2.05) is 6.07 Å². The van der Waals surface area contributed by atoms with E-state index in [2.05, 4.69) is 6.92 Å². The molecule has 5 rings (SSSR count). The fourth-order valence-electron chi connectivity index (χ4n) is 4.82. The normalized spacial score (nSPS) is 17.0. The molecule has 33 heavy (non-hydrogen) atoms. The average molecular weight is 487 g/mol. The summed E-state index contributed by atoms with van der Waals surface area (Å²) in [5.74, 6) is -0.192. The molecule has 1 aliphatic heterocycles. The molecule has 0 bridgehead atoms. The van der Waals surface area contributed by atoms with Gasteiger partial charge < -0.3 is 4.90 Å². The third-order valence-corrected chi connectivity index (χ3v) is 7.75. The van der Waals surface area contributed by atoms with Gasteiger partial charge in [-0.15, -0.1) is 0 Å². The van der Waals surface area contributed by atoms with E-state index >= 15 is 4.39 Å². The van der Waals surface area contributed by atoms with Crippen LogP contribution in [-0.2, 0) is 0 Å². The molecule has 7 heteroatoms. The highest BCUT2D eigenvalue weighted by Gasteiger charge is 2.29. The molecule has 2 fully saturated rings. The van der Waals surface area contributed by atoms with Crippen molar-refractivity contribution < 1.29 is 14.0 Å². The van der Waals surface area contributed by atoms with Crippen LogP contribution in [-0.4, -0.2) is 34.4 Å². The highest BCUT2D eigenvalue weighted by molar-refractivity contribution is 6.41. The summed E-state index contributed by atoms with van der Waals surface area (Å²) in [6.07, 6.45) is 6.67. The molecular weight excluding hydrogens is 462 g/mol. The minimum absolute atomic E-state index is 0.00646. The van der Waals surface area contributed by atoms with Crippen LogP contribution in [0.25, 0.3) is 10.9 Å². The lowest BCUT2D eigenvalue weighted by Gasteiger charge is -2.32. The molecule has 0 N–H and O–H groups in total. The van der Waals surface area contributed by atoms with Crippen LogP contribution < -0.4 is 0 Å². The molecule has 1 aromatic heterocycles. The fourth-order valence-corrected chi connectivity index (χ4v) is 5.44. The van der Waals surface area contributed by atoms with E-state index in [1.165, 1.54) is 22.9 Å². The number of benzene rings is 2. The van der Waals surface area contributed by atoms with Gasteiger partial charge in [-0.1, -0.05) is 36.5 Å². The van der Waals surface area contributed by atoms with E-state index in [9.17, 15) is 9.59 Å². The number of halogens is 3. The van der Waals surface area contributed by atoms with Crippen molar-refractivity contribution in [3.8, 4) is 0 Å². The van der Waals surface area contributed by atoms with E-state index in [0.717, 1.165) is 37.7 Å². The van der Waals surface area contributed by atoms with Crippen LogP contribution in [0.2, 0.25) is 10.0 Å². The van der Waals surface area contributed by atoms with Crippen molar-refractivity contribution in [3.63, 3.8) is 0 Å². The first kappa shape index (κ1) is 22.4. The van der Waals surface area contributed by atoms with E-state index in [4.69, 9.17) is 23.2 Å². The molecule has 1 aliphatic carbocycles. The number of carbonyl (C=O) groups is 2. The molecule has 172 valence electrons. The molecular formula is C26H25Cl2FN2O2. The summed E-state index contributed by atoms with van der Waals surface area (Å²) >= 11 is 13.0. The molecule has 3 aromatic rings. The van der Waals surface area contributed by atoms with Crippen LogP contribution in [0.15, 0.2) is 36.5 Å². The number of hydrogen-bond acceptors (Lipinski definition) is 2. The van der Waals surface area contributed by atoms with Crippen LogP contribution in [0.1, 0.15) is 71.2 Å². The number of hydrogen-bond donors (Lipinski definition) is 0. The summed E-state index contributed by atoms with van der Waals surface area (Å²) in [5, 5.41) is 0.790. The van der Waals surface area contributed by atoms with Gasteiger partial charge in [0.25, 0.3) is 11.8 Å². The largest absolute Gasteiger partial charge is 0.339 e. The monoisotopic (exact) mass is 486 g/mol. The maximum Gasteiger partial charge on any atom is 0.265 e. The Balaban J connectivity index is 1.50. The van der Waals surface area contributed by atoms with Crippen LogP contribution >= 0.6 is 23.2 Å². The Morgan fingerprint density at radius 3 is 2.42 bits per heavy atom. The number of carbonyl (C=O) groups excluding carboxylic acids is 2. The third-order valence-electron chi connectivity index (χ3n) is 7.04. The zero-order chi connectivity index (χ0) is 23.3. The van der Waals surface area contributed by atoms with E-state index < -0.39 is 11.7 Å². The van der Waals surface area contributed by atoms with Crippen molar-refractivity contribution in [1.29, 1.82) is 0 Å². The Hall–Kier alpha value is -2.37. The molecule has 2 aliphatic rings. The summed E-state index contributed by atoms with van der Waals surface area (Å²) in [5.41, 5.74) is 1.40. The number of aromatic nitrogens is 1. The first-order valence-corrected chi connectivity index (χ1v) is 12.3. The van der Waals surface area contributed by atoms with Gasteiger partial charge in [-0.05, 0) is 73.4 Å². The number of likely N-dealkylation sites (tertiary alicyclic amines) is 1. The predicted molar refractivity (Wildman–Crippen MR) is 129 cm³/mol. The van der Waals surface area contributed by atoms with Crippen molar-refractivity contribution in [2.45, 2.75) is 44.9 Å². The summed E-state index contributed by atoms with van der Waals surface area (Å²) in [7, 11) is 0. The Labute approximate surface area is 202 Å². The van der Waals surface area contributed by atoms with Gasteiger partial charge in [0.15, 0.2) is 0 Å². The van der Waals surface area contributed by atoms with Gasteiger partial charge in [0.2, 0.25) is 0 Å². The summed E-state index contributed by atoms with van der Waals surface area (Å²) < 4.78 is 16.2. The molecule has 2 heterocycles. The molecule has 0 unspecified atom stereocenters. The average Bonchev–Trinajstić information content (AvgIpc) is 3.57. The third kappa shape index (κ3) is 4.06. The second-order valence-corrected chi connectivity index (χ2v) is 9.92. The zero-order valence-corrected chi connectivity index (χ0v) is 19.9. The highest BCUT2D eigenvalue weighted by Crippen LogP contribution is 2.42. The first-order valence-electron chi connectivity index (χ1n) is 11.5. The first-order chi connectivity index (χ1) is 15.9. The summed E-state index contributed by atoms with van der Waals surface area (Å²) in [4.78, 5) is 28.4. The standard InChI is InChI=1S/C26H25Cl2FN2O2/c1-2-15-7-10-30(11-8-15)25(32)19-5-6-20(27)22(23(19)28)26(33)31-12-9-17-13-18(16-3-4-16)14-21(29)24(17)31/h5-6,9,12-16H,2-4,7-8,10-11H2,1H3. The molecule has 1 amide bonds. The second-order valence-electron chi connectivity index (χ2n) is 9.13. The van der Waals surface area contributed by atoms with Crippen molar-refractivity contribution >= 4 is 45.9 Å². The van der Waals surface area contributed by atoms with Crippen molar-refractivity contribution in [2.24, 2.45) is 5.92 Å².